The van der Waals surface area contributed by atoms with Crippen LogP contribution in [0.1, 0.15) is 369 Å². The maximum absolute atomic E-state index is 13.0. The smallest absolute Gasteiger partial charge is 0.462 e. The third-order valence-electron chi connectivity index (χ3n) is 16.5. The van der Waals surface area contributed by atoms with Gasteiger partial charge >= 0.3 is 39.5 Å². The van der Waals surface area contributed by atoms with E-state index in [0.717, 1.165) is 121 Å². The first-order chi connectivity index (χ1) is 43.5. The number of carbonyl (C=O) groups excluding carboxylic acids is 4. The number of hydrogen-bond acceptors (Lipinski definition) is 15. The summed E-state index contributed by atoms with van der Waals surface area (Å²) in [4.78, 5) is 72.2. The minimum Gasteiger partial charge on any atom is -0.462 e. The molecule has 0 aromatic carbocycles. The van der Waals surface area contributed by atoms with Crippen LogP contribution in [0.25, 0.3) is 0 Å². The number of phosphoric acid groups is 2. The number of hydrogen-bond donors (Lipinski definition) is 3. The van der Waals surface area contributed by atoms with Gasteiger partial charge in [0.2, 0.25) is 0 Å². The molecule has 0 aliphatic heterocycles. The molecule has 0 saturated carbocycles. The van der Waals surface area contributed by atoms with Gasteiger partial charge in [0.1, 0.15) is 19.3 Å². The molecule has 0 rings (SSSR count). The van der Waals surface area contributed by atoms with E-state index in [0.29, 0.717) is 25.7 Å². The number of aliphatic hydroxyl groups excluding tert-OH is 1. The van der Waals surface area contributed by atoms with Crippen molar-refractivity contribution in [3.8, 4) is 0 Å². The summed E-state index contributed by atoms with van der Waals surface area (Å²) in [5.74, 6) is -1.31. The lowest BCUT2D eigenvalue weighted by atomic mass is 10.0. The molecular formula is C71H138O17P2. The van der Waals surface area contributed by atoms with Crippen LogP contribution in [-0.2, 0) is 65.4 Å². The molecule has 3 N–H and O–H groups in total. The number of phosphoric ester groups is 2. The molecule has 0 bridgehead atoms. The van der Waals surface area contributed by atoms with Crippen LogP contribution in [0.3, 0.4) is 0 Å². The summed E-state index contributed by atoms with van der Waals surface area (Å²) in [6.45, 7) is 7.20. The van der Waals surface area contributed by atoms with Crippen LogP contribution in [0, 0.1) is 5.92 Å². The number of rotatable bonds is 71. The second-order valence-electron chi connectivity index (χ2n) is 26.1. The molecule has 0 aromatic rings. The molecule has 0 aliphatic rings. The molecule has 17 nitrogen and oxygen atoms in total. The molecule has 0 spiro atoms. The summed E-state index contributed by atoms with van der Waals surface area (Å²) in [5, 5.41) is 10.6. The van der Waals surface area contributed by atoms with E-state index in [1.54, 1.807) is 0 Å². The quantitative estimate of drug-likeness (QED) is 0.0222. The Labute approximate surface area is 549 Å². The SMILES string of the molecule is CCCCCCCCCCCCCCCCCC(=O)OC[C@H](COP(=O)(O)OC[C@@H](O)COP(=O)(O)OC[C@@H](COC(=O)CCCCCCCCC)OC(=O)CCCCCCCCC)OC(=O)CCCCCCCCCCCCCCCCCCCCC(C)C. The lowest BCUT2D eigenvalue weighted by Gasteiger charge is -2.21. The maximum atomic E-state index is 13.0. The third-order valence-corrected chi connectivity index (χ3v) is 18.4. The van der Waals surface area contributed by atoms with E-state index in [4.69, 9.17) is 37.0 Å². The fourth-order valence-electron chi connectivity index (χ4n) is 10.8. The average Bonchev–Trinajstić information content (AvgIpc) is 3.66. The number of carbonyl (C=O) groups is 4. The highest BCUT2D eigenvalue weighted by Gasteiger charge is 2.30. The summed E-state index contributed by atoms with van der Waals surface area (Å²) in [7, 11) is -9.89. The van der Waals surface area contributed by atoms with Crippen LogP contribution in [0.5, 0.6) is 0 Å². The highest BCUT2D eigenvalue weighted by molar-refractivity contribution is 7.47. The summed E-state index contributed by atoms with van der Waals surface area (Å²) >= 11 is 0. The Balaban J connectivity index is 5.11. The van der Waals surface area contributed by atoms with Gasteiger partial charge in [-0.05, 0) is 31.6 Å². The second-order valence-corrected chi connectivity index (χ2v) is 29.0. The first-order valence-electron chi connectivity index (χ1n) is 37.1. The molecule has 0 aromatic heterocycles. The van der Waals surface area contributed by atoms with Gasteiger partial charge in [0.15, 0.2) is 12.2 Å². The van der Waals surface area contributed by atoms with E-state index in [9.17, 15) is 43.2 Å². The van der Waals surface area contributed by atoms with Crippen molar-refractivity contribution < 1.29 is 80.2 Å². The molecule has 0 amide bonds. The Morgan fingerprint density at radius 1 is 0.300 bits per heavy atom. The van der Waals surface area contributed by atoms with E-state index in [2.05, 4.69) is 34.6 Å². The van der Waals surface area contributed by atoms with Crippen LogP contribution in [0.15, 0.2) is 0 Å². The van der Waals surface area contributed by atoms with E-state index in [-0.39, 0.29) is 25.7 Å². The lowest BCUT2D eigenvalue weighted by Crippen LogP contribution is -2.30. The van der Waals surface area contributed by atoms with Crippen molar-refractivity contribution in [3.05, 3.63) is 0 Å². The van der Waals surface area contributed by atoms with Crippen molar-refractivity contribution in [2.24, 2.45) is 5.92 Å². The summed E-state index contributed by atoms with van der Waals surface area (Å²) < 4.78 is 68.1. The molecular weight excluding hydrogens is 1190 g/mol. The van der Waals surface area contributed by atoms with Gasteiger partial charge < -0.3 is 33.8 Å². The minimum atomic E-state index is -4.95. The number of unbranched alkanes of at least 4 members (excludes halogenated alkanes) is 43. The van der Waals surface area contributed by atoms with Crippen LogP contribution in [0.4, 0.5) is 0 Å². The number of aliphatic hydroxyl groups is 1. The Hall–Kier alpha value is -1.94. The number of esters is 4. The zero-order chi connectivity index (χ0) is 66.3. The molecule has 0 saturated heterocycles. The van der Waals surface area contributed by atoms with Gasteiger partial charge in [-0.25, -0.2) is 9.13 Å². The Morgan fingerprint density at radius 2 is 0.511 bits per heavy atom. The highest BCUT2D eigenvalue weighted by Crippen LogP contribution is 2.45. The molecule has 2 unspecified atom stereocenters. The molecule has 0 aliphatic carbocycles. The Kier molecular flexibility index (Phi) is 63.0. The molecule has 0 radical (unpaired) electrons. The van der Waals surface area contributed by atoms with Gasteiger partial charge in [0, 0.05) is 25.7 Å². The topological polar surface area (TPSA) is 237 Å². The normalized spacial score (nSPS) is 14.1. The molecule has 0 fully saturated rings. The average molecular weight is 1330 g/mol. The van der Waals surface area contributed by atoms with Gasteiger partial charge in [-0.15, -0.1) is 0 Å². The van der Waals surface area contributed by atoms with Crippen molar-refractivity contribution >= 4 is 39.5 Å². The molecule has 19 heteroatoms. The molecule has 0 heterocycles. The fraction of sp³-hybridized carbons (Fsp3) is 0.944. The fourth-order valence-corrected chi connectivity index (χ4v) is 12.4. The van der Waals surface area contributed by atoms with Gasteiger partial charge in [0.25, 0.3) is 0 Å². The standard InChI is InChI=1S/C71H138O17P2/c1-6-9-12-15-18-19-20-21-26-30-33-36-41-45-50-55-69(74)82-61-67(88-71(76)57-52-47-42-37-34-31-28-25-23-22-24-27-29-32-35-40-43-48-53-64(4)5)63-86-90(79,80)84-59-65(72)58-83-89(77,78)85-62-66(87-70(75)56-51-46-39-17-14-11-8-3)60-81-68(73)54-49-44-38-16-13-10-7-2/h64-67,72H,6-63H2,1-5H3,(H,77,78)(H,79,80)/t65-,66+,67+/m0/s1. The van der Waals surface area contributed by atoms with Gasteiger partial charge in [-0.1, -0.05) is 317 Å². The molecule has 534 valence electrons. The highest BCUT2D eigenvalue weighted by atomic mass is 31.2. The van der Waals surface area contributed by atoms with E-state index in [1.165, 1.54) is 167 Å². The zero-order valence-electron chi connectivity index (χ0n) is 58.3. The van der Waals surface area contributed by atoms with Crippen molar-refractivity contribution in [3.63, 3.8) is 0 Å². The number of ether oxygens (including phenoxy) is 4. The van der Waals surface area contributed by atoms with Crippen LogP contribution in [0.2, 0.25) is 0 Å². The van der Waals surface area contributed by atoms with Crippen LogP contribution >= 0.6 is 15.6 Å². The zero-order valence-corrected chi connectivity index (χ0v) is 60.1. The van der Waals surface area contributed by atoms with E-state index in [1.807, 2.05) is 0 Å². The summed E-state index contributed by atoms with van der Waals surface area (Å²) in [6.07, 6.45) is 51.8. The first kappa shape index (κ1) is 88.1. The predicted octanol–water partition coefficient (Wildman–Crippen LogP) is 20.5. The minimum absolute atomic E-state index is 0.104. The summed E-state index contributed by atoms with van der Waals surface area (Å²) in [5.41, 5.74) is 0. The van der Waals surface area contributed by atoms with Crippen molar-refractivity contribution in [1.82, 2.24) is 0 Å². The Bertz CT molecular complexity index is 1740. The molecule has 5 atom stereocenters. The van der Waals surface area contributed by atoms with Crippen molar-refractivity contribution in [2.75, 3.05) is 39.6 Å². The lowest BCUT2D eigenvalue weighted by molar-refractivity contribution is -0.161. The predicted molar refractivity (Wildman–Crippen MR) is 363 cm³/mol. The van der Waals surface area contributed by atoms with Gasteiger partial charge in [0.05, 0.1) is 26.4 Å². The first-order valence-corrected chi connectivity index (χ1v) is 40.1. The van der Waals surface area contributed by atoms with E-state index < -0.39 is 97.5 Å². The maximum Gasteiger partial charge on any atom is 0.472 e. The van der Waals surface area contributed by atoms with Crippen LogP contribution < -0.4 is 0 Å². The van der Waals surface area contributed by atoms with Gasteiger partial charge in [-0.2, -0.15) is 0 Å². The monoisotopic (exact) mass is 1320 g/mol. The molecule has 90 heavy (non-hydrogen) atoms. The largest absolute Gasteiger partial charge is 0.472 e. The van der Waals surface area contributed by atoms with Gasteiger partial charge in [-0.3, -0.25) is 37.3 Å². The van der Waals surface area contributed by atoms with Crippen molar-refractivity contribution in [2.45, 2.75) is 387 Å². The van der Waals surface area contributed by atoms with Crippen LogP contribution in [-0.4, -0.2) is 96.7 Å². The van der Waals surface area contributed by atoms with Crippen molar-refractivity contribution in [1.29, 1.82) is 0 Å². The van der Waals surface area contributed by atoms with E-state index >= 15 is 0 Å². The Morgan fingerprint density at radius 3 is 0.756 bits per heavy atom. The third kappa shape index (κ3) is 64.8. The summed E-state index contributed by atoms with van der Waals surface area (Å²) in [6, 6.07) is 0. The second kappa shape index (κ2) is 64.4.